The Morgan fingerprint density at radius 1 is 0.679 bits per heavy atom. The van der Waals surface area contributed by atoms with E-state index in [-0.39, 0.29) is 106 Å². The number of para-hydroxylation sites is 1. The molecule has 0 radical (unpaired) electrons. The van der Waals surface area contributed by atoms with Crippen LogP contribution in [-0.2, 0) is 75.3 Å². The van der Waals surface area contributed by atoms with Gasteiger partial charge in [-0.15, -0.1) is 0 Å². The summed E-state index contributed by atoms with van der Waals surface area (Å²) in [5.41, 5.74) is 26.3. The van der Waals surface area contributed by atoms with E-state index in [9.17, 15) is 29.4 Å². The van der Waals surface area contributed by atoms with Crippen LogP contribution in [0.15, 0.2) is 139 Å². The van der Waals surface area contributed by atoms with Gasteiger partial charge in [0.2, 0.25) is 35.4 Å². The number of guanidine groups is 1. The number of carbonyl (C=O) groups excluding carboxylic acids is 9. The van der Waals surface area contributed by atoms with Crippen molar-refractivity contribution in [1.29, 1.82) is 0 Å². The molecule has 4 aromatic carbocycles. The molecule has 2 fully saturated rings. The lowest BCUT2D eigenvalue weighted by Crippen LogP contribution is -2.60. The number of H-pyrrole nitrogens is 1. The second-order valence-electron chi connectivity index (χ2n) is 29.1. The molecule has 12 atom stereocenters. The lowest BCUT2D eigenvalue weighted by atomic mass is 9.70. The van der Waals surface area contributed by atoms with Crippen molar-refractivity contribution >= 4 is 87.0 Å². The van der Waals surface area contributed by atoms with Crippen molar-refractivity contribution in [2.75, 3.05) is 38.2 Å². The number of rotatable bonds is 22. The molecule has 2 saturated heterocycles. The van der Waals surface area contributed by atoms with E-state index in [1.165, 1.54) is 65.5 Å². The van der Waals surface area contributed by atoms with E-state index in [0.717, 1.165) is 36.7 Å². The zero-order valence-corrected chi connectivity index (χ0v) is 61.5. The van der Waals surface area contributed by atoms with Gasteiger partial charge in [-0.2, -0.15) is 11.8 Å². The summed E-state index contributed by atoms with van der Waals surface area (Å²) in [6, 6.07) is 24.7. The Kier molecular flexibility index (Phi) is 28.8. The lowest BCUT2D eigenvalue weighted by Gasteiger charge is -2.46. The number of hydrogen-bond donors (Lipinski definition) is 12. The number of aliphatic imine (C=N–C) groups is 1. The molecule has 0 saturated carbocycles. The van der Waals surface area contributed by atoms with Crippen LogP contribution in [-0.4, -0.2) is 170 Å². The third-order valence-corrected chi connectivity index (χ3v) is 22.3. The quantitative estimate of drug-likeness (QED) is 0.0215. The van der Waals surface area contributed by atoms with Crippen LogP contribution in [0.3, 0.4) is 0 Å². The monoisotopic (exact) mass is 1470 g/mol. The Morgan fingerprint density at radius 3 is 2.06 bits per heavy atom. The lowest BCUT2D eigenvalue weighted by molar-refractivity contribution is -0.136. The van der Waals surface area contributed by atoms with Crippen molar-refractivity contribution in [3.8, 4) is 5.75 Å². The molecule has 564 valence electrons. The highest BCUT2D eigenvalue weighted by atomic mass is 32.2. The van der Waals surface area contributed by atoms with E-state index >= 15 is 24.0 Å². The Bertz CT molecular complexity index is 4090. The van der Waals surface area contributed by atoms with Crippen molar-refractivity contribution in [3.05, 3.63) is 173 Å². The van der Waals surface area contributed by atoms with Gasteiger partial charge in [0, 0.05) is 105 Å². The molecule has 106 heavy (non-hydrogen) atoms. The Balaban J connectivity index is 0.968. The molecule has 25 heteroatoms. The van der Waals surface area contributed by atoms with Gasteiger partial charge in [0.25, 0.3) is 0 Å². The first-order chi connectivity index (χ1) is 51.2. The van der Waals surface area contributed by atoms with Crippen LogP contribution in [0.2, 0.25) is 0 Å². The number of aromatic hydroxyl groups is 1. The van der Waals surface area contributed by atoms with Gasteiger partial charge in [-0.1, -0.05) is 97.8 Å². The molecule has 0 bridgehead atoms. The van der Waals surface area contributed by atoms with Gasteiger partial charge in [-0.3, -0.25) is 53.1 Å². The highest BCUT2D eigenvalue weighted by Crippen LogP contribution is 2.49. The minimum Gasteiger partial charge on any atom is -0.508 e. The van der Waals surface area contributed by atoms with E-state index in [0.29, 0.717) is 78.0 Å². The van der Waals surface area contributed by atoms with Crippen LogP contribution in [0.1, 0.15) is 142 Å². The summed E-state index contributed by atoms with van der Waals surface area (Å²) in [5.74, 6) is -6.43. The minimum absolute atomic E-state index is 0.00231. The highest BCUT2D eigenvalue weighted by molar-refractivity contribution is 7.99. The zero-order chi connectivity index (χ0) is 75.2. The molecule has 2 aromatic heterocycles. The number of aromatic amines is 1. The third-order valence-electron chi connectivity index (χ3n) is 21.1. The molecule has 10 rings (SSSR count). The van der Waals surface area contributed by atoms with Crippen LogP contribution in [0.4, 0.5) is 0 Å². The van der Waals surface area contributed by atoms with E-state index in [1.54, 1.807) is 60.8 Å². The molecule has 4 aliphatic rings. The Labute approximate surface area is 623 Å². The molecule has 0 unspecified atom stereocenters. The van der Waals surface area contributed by atoms with E-state index in [4.69, 9.17) is 17.2 Å². The molecule has 4 heterocycles. The average molecular weight is 1470 g/mol. The minimum atomic E-state index is -1.55. The second kappa shape index (κ2) is 38.6. The summed E-state index contributed by atoms with van der Waals surface area (Å²) in [6.45, 7) is 2.57. The number of amides is 6. The number of hydrogen-bond acceptors (Lipinski definition) is 16. The number of aromatic nitrogens is 2. The number of aliphatic hydroxyl groups excluding tert-OH is 1. The molecule has 0 spiro atoms. The van der Waals surface area contributed by atoms with Gasteiger partial charge in [0.05, 0.1) is 17.9 Å². The summed E-state index contributed by atoms with van der Waals surface area (Å²) in [5, 5.41) is 39.7. The van der Waals surface area contributed by atoms with Crippen molar-refractivity contribution in [3.63, 3.8) is 0 Å². The fourth-order valence-corrected chi connectivity index (χ4v) is 16.5. The van der Waals surface area contributed by atoms with Gasteiger partial charge in [0.1, 0.15) is 41.7 Å². The largest absolute Gasteiger partial charge is 0.508 e. The molecule has 2 aliphatic carbocycles. The first kappa shape index (κ1) is 79.0. The molecule has 6 amide bonds. The van der Waals surface area contributed by atoms with Crippen molar-refractivity contribution in [1.82, 2.24) is 46.8 Å². The van der Waals surface area contributed by atoms with Gasteiger partial charge in [-0.25, -0.2) is 0 Å². The number of carbonyl (C=O) groups is 9. The number of ketones is 3. The Morgan fingerprint density at radius 2 is 1.34 bits per heavy atom. The number of Topliss-reactive ketones (excluding diaryl/α,β-unsaturated/α-hetero) is 3. The number of nitrogens with two attached hydrogens (primary N) is 3. The van der Waals surface area contributed by atoms with Crippen molar-refractivity contribution in [2.45, 2.75) is 183 Å². The fraction of sp³-hybridized carbons (Fsp3) is 0.469. The van der Waals surface area contributed by atoms with Gasteiger partial charge < -0.3 is 69.2 Å². The van der Waals surface area contributed by atoms with E-state index in [1.807, 2.05) is 24.3 Å². The smallest absolute Gasteiger partial charge is 0.243 e. The van der Waals surface area contributed by atoms with Crippen LogP contribution in [0, 0.1) is 17.8 Å². The number of fused-ring (bicyclic) bond motifs is 3. The molecular formula is C81H103N13O11S. The van der Waals surface area contributed by atoms with Crippen molar-refractivity contribution < 1.29 is 53.4 Å². The first-order valence-electron chi connectivity index (χ1n) is 37.4. The van der Waals surface area contributed by atoms with Crippen molar-refractivity contribution in [2.24, 2.45) is 39.9 Å². The number of aliphatic hydroxyl groups is 1. The van der Waals surface area contributed by atoms with E-state index < -0.39 is 102 Å². The molecule has 2 aliphatic heterocycles. The van der Waals surface area contributed by atoms with Gasteiger partial charge in [-0.05, 0) is 178 Å². The zero-order valence-electron chi connectivity index (χ0n) is 60.7. The molecule has 15 N–H and O–H groups in total. The number of phenolic OH excluding ortho intramolecular Hbond substituents is 1. The maximum Gasteiger partial charge on any atom is 0.243 e. The molecular weight excluding hydrogens is 1360 g/mol. The number of nitrogens with zero attached hydrogens (tertiary/aromatic N) is 3. The molecule has 6 aromatic rings. The predicted molar refractivity (Wildman–Crippen MR) is 410 cm³/mol. The summed E-state index contributed by atoms with van der Waals surface area (Å²) >= 11 is 1.52. The normalized spacial score (nSPS) is 24.5. The van der Waals surface area contributed by atoms with Crippen LogP contribution in [0.25, 0.3) is 16.5 Å². The second-order valence-corrected chi connectivity index (χ2v) is 30.1. The number of pyridine rings is 1. The number of allylic oxidation sites excluding steroid dienone is 1. The van der Waals surface area contributed by atoms with Crippen LogP contribution >= 0.6 is 11.8 Å². The average Bonchev–Trinajstić information content (AvgIpc) is 1.50. The van der Waals surface area contributed by atoms with Crippen LogP contribution in [0.5, 0.6) is 5.75 Å². The summed E-state index contributed by atoms with van der Waals surface area (Å²) in [4.78, 5) is 149. The number of likely N-dealkylation sites (tertiary alicyclic amines) is 1. The summed E-state index contributed by atoms with van der Waals surface area (Å²) < 4.78 is 0. The number of nitrogens with one attached hydrogen (secondary N) is 7. The number of likely N-dealkylation sites (N-methyl/N-ethyl adjacent to an activating group) is 1. The number of benzene rings is 4. The van der Waals surface area contributed by atoms with E-state index in [2.05, 4.69) is 83.1 Å². The van der Waals surface area contributed by atoms with Gasteiger partial charge >= 0.3 is 0 Å². The van der Waals surface area contributed by atoms with Gasteiger partial charge in [0.15, 0.2) is 17.5 Å². The summed E-state index contributed by atoms with van der Waals surface area (Å²) in [6.07, 6.45) is 9.90. The maximum absolute atomic E-state index is 15.4. The number of phenols is 1. The number of piperidine rings is 1. The molecule has 24 nitrogen and oxygen atoms in total. The third kappa shape index (κ3) is 22.0. The summed E-state index contributed by atoms with van der Waals surface area (Å²) in [7, 11) is 2.19. The standard InChI is InChI=1S/C81H103N13O11S/c1-49(95)75-72(99)44-57(37-51-25-29-59(96)30-26-51)70(97)24-8-4-7-22-64(88-73(100)48-106-47-53-38-62-61-20-13-17-54-27-28-55(74(54)61)42-69(62)94(2)46-53)71(98)43-56(18-14-34-86-81(83)84)76(101)90-66(39-50-15-5-3-6-16-50)78(103)91-67(40-52-31-35-85-36-32-52)79(104)92-68(41-58-45-87-63-21-10-9-19-60(58)63)80(105)89-65(77(102)93-75)23-11-12-33-82/h3,5-6,9-10,13,15-17,19-21,25-26,28-32,35-36,45,49,53,56-57,62,64-69,75,87,95-96H,4,7-8,11-12,14,18,22-24,27,33-34,37-44,46-48,82H2,1-2H3,(H,88,100)(H,89,105)(H,90,101)(H,91,103)(H,92,104)(H,93,102)(H4,83,84,86)/t49-,53-,56-,57-,62-,64-,65+,66+,67+,68-,69-,75+/m1/s1. The van der Waals surface area contributed by atoms with Crippen LogP contribution < -0.4 is 49.1 Å². The SMILES string of the molecule is C[C@@H](O)[C@@H]1NC(=O)[C@H](CCCCN)NC(=O)[C@@H](Cc2c[nH]c3ccccc23)NC(=O)[C@H](Cc2ccncc2)NC(=O)[C@H](Cc2ccccc2)NC(=O)[C@H](CCCN=C(N)N)CC(=O)[C@H](NC(=O)CSC[C@@H]2C[C@@H]3c4cccc5c4C(=CC5)C[C@H]3N(C)C2)CCCCCC(=O)[C@H](Cc2ccc(O)cc2)CC1=O. The fourth-order valence-electron chi connectivity index (χ4n) is 15.5. The number of unbranched alkanes of at least 4 members (excludes halogenated alkanes) is 1. The number of thioether (sulfide) groups is 1. The highest BCUT2D eigenvalue weighted by Gasteiger charge is 2.42. The Hall–Kier alpha value is -9.56. The topological polar surface area (TPSA) is 389 Å². The predicted octanol–water partition coefficient (Wildman–Crippen LogP) is 5.88. The first-order valence-corrected chi connectivity index (χ1v) is 38.5. The maximum atomic E-state index is 15.4.